The Morgan fingerprint density at radius 1 is 1.62 bits per heavy atom. The largest absolute Gasteiger partial charge is 0.397 e. The highest BCUT2D eigenvalue weighted by Gasteiger charge is 2.09. The molecule has 2 aromatic heterocycles. The molecule has 0 bridgehead atoms. The molecule has 0 fully saturated rings. The van der Waals surface area contributed by atoms with Crippen LogP contribution in [0.15, 0.2) is 18.3 Å². The first-order chi connectivity index (χ1) is 6.24. The molecular formula is C9H10ClN3. The third-order valence-electron chi connectivity index (χ3n) is 2.04. The molecule has 0 unspecified atom stereocenters. The molecule has 13 heavy (non-hydrogen) atoms. The number of aromatic nitrogens is 2. The topological polar surface area (TPSA) is 43.3 Å². The summed E-state index contributed by atoms with van der Waals surface area (Å²) in [4.78, 5) is 4.22. The molecule has 0 saturated heterocycles. The summed E-state index contributed by atoms with van der Waals surface area (Å²) in [7, 11) is 0. The van der Waals surface area contributed by atoms with Crippen molar-refractivity contribution in [2.45, 2.75) is 13.3 Å². The second-order valence-corrected chi connectivity index (χ2v) is 3.21. The van der Waals surface area contributed by atoms with Gasteiger partial charge in [-0.25, -0.2) is 4.98 Å². The van der Waals surface area contributed by atoms with Gasteiger partial charge < -0.3 is 10.1 Å². The molecule has 0 saturated carbocycles. The molecule has 2 rings (SSSR count). The highest BCUT2D eigenvalue weighted by atomic mass is 35.5. The van der Waals surface area contributed by atoms with Crippen molar-refractivity contribution in [2.24, 2.45) is 0 Å². The summed E-state index contributed by atoms with van der Waals surface area (Å²) in [5.74, 6) is 0.937. The zero-order valence-electron chi connectivity index (χ0n) is 7.29. The molecule has 0 amide bonds. The lowest BCUT2D eigenvalue weighted by Gasteiger charge is -1.99. The molecule has 0 aliphatic heterocycles. The second-order valence-electron chi connectivity index (χ2n) is 2.85. The molecular weight excluding hydrogens is 186 g/mol. The standard InChI is InChI=1S/C9H10ClN3/c1-2-7-12-9(10)8-6(11)4-3-5-13(7)8/h3-5H,2,11H2,1H3. The van der Waals surface area contributed by atoms with E-state index in [2.05, 4.69) is 4.98 Å². The van der Waals surface area contributed by atoms with Gasteiger partial charge in [0.1, 0.15) is 11.3 Å². The van der Waals surface area contributed by atoms with E-state index in [9.17, 15) is 0 Å². The van der Waals surface area contributed by atoms with Crippen molar-refractivity contribution in [3.8, 4) is 0 Å². The Labute approximate surface area is 81.1 Å². The Morgan fingerprint density at radius 2 is 2.38 bits per heavy atom. The summed E-state index contributed by atoms with van der Waals surface area (Å²) in [6.07, 6.45) is 2.76. The van der Waals surface area contributed by atoms with Crippen molar-refractivity contribution in [1.29, 1.82) is 0 Å². The minimum atomic E-state index is 0.481. The van der Waals surface area contributed by atoms with Gasteiger partial charge in [0.15, 0.2) is 5.15 Å². The van der Waals surface area contributed by atoms with E-state index in [-0.39, 0.29) is 0 Å². The first-order valence-corrected chi connectivity index (χ1v) is 4.52. The fourth-order valence-electron chi connectivity index (χ4n) is 1.43. The molecule has 2 N–H and O–H groups in total. The molecule has 0 aromatic carbocycles. The van der Waals surface area contributed by atoms with Gasteiger partial charge in [0.05, 0.1) is 5.69 Å². The van der Waals surface area contributed by atoms with Crippen molar-refractivity contribution in [2.75, 3.05) is 5.73 Å². The number of fused-ring (bicyclic) bond motifs is 1. The first-order valence-electron chi connectivity index (χ1n) is 4.15. The lowest BCUT2D eigenvalue weighted by Crippen LogP contribution is -1.94. The lowest BCUT2D eigenvalue weighted by molar-refractivity contribution is 0.934. The summed E-state index contributed by atoms with van der Waals surface area (Å²) < 4.78 is 1.93. The molecule has 0 aliphatic carbocycles. The maximum absolute atomic E-state index is 5.95. The van der Waals surface area contributed by atoms with Crippen LogP contribution in [0.1, 0.15) is 12.7 Å². The van der Waals surface area contributed by atoms with E-state index in [1.165, 1.54) is 0 Å². The number of pyridine rings is 1. The predicted octanol–water partition coefficient (Wildman–Crippen LogP) is 2.13. The van der Waals surface area contributed by atoms with E-state index >= 15 is 0 Å². The number of nitrogen functional groups attached to an aromatic ring is 1. The van der Waals surface area contributed by atoms with Gasteiger partial charge in [0.2, 0.25) is 0 Å². The fraction of sp³-hybridized carbons (Fsp3) is 0.222. The van der Waals surface area contributed by atoms with Crippen molar-refractivity contribution < 1.29 is 0 Å². The number of halogens is 1. The van der Waals surface area contributed by atoms with E-state index in [1.54, 1.807) is 0 Å². The van der Waals surface area contributed by atoms with Crippen molar-refractivity contribution in [3.05, 3.63) is 29.3 Å². The molecule has 0 spiro atoms. The molecule has 0 radical (unpaired) electrons. The van der Waals surface area contributed by atoms with Crippen LogP contribution in [0.25, 0.3) is 5.52 Å². The number of hydrogen-bond donors (Lipinski definition) is 1. The summed E-state index contributed by atoms with van der Waals surface area (Å²) in [5, 5.41) is 0.481. The number of aryl methyl sites for hydroxylation is 1. The first kappa shape index (κ1) is 8.38. The maximum Gasteiger partial charge on any atom is 0.157 e. The van der Waals surface area contributed by atoms with Crippen molar-refractivity contribution in [1.82, 2.24) is 9.38 Å². The molecule has 3 nitrogen and oxygen atoms in total. The van der Waals surface area contributed by atoms with E-state index in [4.69, 9.17) is 17.3 Å². The highest BCUT2D eigenvalue weighted by Crippen LogP contribution is 2.23. The minimum absolute atomic E-state index is 0.481. The Kier molecular flexibility index (Phi) is 1.88. The Bertz CT molecular complexity index is 447. The molecule has 0 aliphatic rings. The van der Waals surface area contributed by atoms with E-state index in [1.807, 2.05) is 29.7 Å². The van der Waals surface area contributed by atoms with Gasteiger partial charge in [-0.1, -0.05) is 18.5 Å². The molecule has 2 heterocycles. The summed E-state index contributed by atoms with van der Waals surface area (Å²) in [5.41, 5.74) is 7.25. The SMILES string of the molecule is CCc1nc(Cl)c2c(N)cccn12. The van der Waals surface area contributed by atoms with Gasteiger partial charge in [-0.15, -0.1) is 0 Å². The fourth-order valence-corrected chi connectivity index (χ4v) is 1.73. The molecule has 68 valence electrons. The van der Waals surface area contributed by atoms with Gasteiger partial charge in [-0.05, 0) is 12.1 Å². The monoisotopic (exact) mass is 195 g/mol. The normalized spacial score (nSPS) is 10.9. The third kappa shape index (κ3) is 1.16. The van der Waals surface area contributed by atoms with Crippen LogP contribution in [0.5, 0.6) is 0 Å². The highest BCUT2D eigenvalue weighted by molar-refractivity contribution is 6.33. The average molecular weight is 196 g/mol. The quantitative estimate of drug-likeness (QED) is 0.758. The van der Waals surface area contributed by atoms with Crippen LogP contribution in [0.3, 0.4) is 0 Å². The Balaban J connectivity index is 2.87. The zero-order chi connectivity index (χ0) is 9.42. The molecule has 4 heteroatoms. The van der Waals surface area contributed by atoms with Crippen LogP contribution in [0.2, 0.25) is 5.15 Å². The second kappa shape index (κ2) is 2.92. The van der Waals surface area contributed by atoms with Gasteiger partial charge in [-0.3, -0.25) is 0 Å². The Morgan fingerprint density at radius 3 is 3.08 bits per heavy atom. The third-order valence-corrected chi connectivity index (χ3v) is 2.31. The van der Waals surface area contributed by atoms with Gasteiger partial charge in [0, 0.05) is 12.6 Å². The summed E-state index contributed by atoms with van der Waals surface area (Å²) in [6.45, 7) is 2.04. The lowest BCUT2D eigenvalue weighted by atomic mass is 10.3. The number of nitrogens with two attached hydrogens (primary N) is 1. The average Bonchev–Trinajstić information content (AvgIpc) is 2.44. The van der Waals surface area contributed by atoms with Crippen LogP contribution in [0, 0.1) is 0 Å². The van der Waals surface area contributed by atoms with Gasteiger partial charge in [-0.2, -0.15) is 0 Å². The number of nitrogens with zero attached hydrogens (tertiary/aromatic N) is 2. The van der Waals surface area contributed by atoms with E-state index in [0.717, 1.165) is 17.8 Å². The summed E-state index contributed by atoms with van der Waals surface area (Å²) >= 11 is 5.95. The zero-order valence-corrected chi connectivity index (χ0v) is 8.04. The van der Waals surface area contributed by atoms with Crippen LogP contribution >= 0.6 is 11.6 Å². The number of rotatable bonds is 1. The predicted molar refractivity (Wildman–Crippen MR) is 54.0 cm³/mol. The van der Waals surface area contributed by atoms with Crippen LogP contribution in [0.4, 0.5) is 5.69 Å². The van der Waals surface area contributed by atoms with E-state index in [0.29, 0.717) is 10.8 Å². The van der Waals surface area contributed by atoms with Gasteiger partial charge >= 0.3 is 0 Å². The number of hydrogen-bond acceptors (Lipinski definition) is 2. The van der Waals surface area contributed by atoms with Gasteiger partial charge in [0.25, 0.3) is 0 Å². The van der Waals surface area contributed by atoms with Crippen LogP contribution in [-0.2, 0) is 6.42 Å². The van der Waals surface area contributed by atoms with Crippen LogP contribution in [-0.4, -0.2) is 9.38 Å². The van der Waals surface area contributed by atoms with Crippen molar-refractivity contribution in [3.63, 3.8) is 0 Å². The number of anilines is 1. The van der Waals surface area contributed by atoms with Crippen molar-refractivity contribution >= 4 is 22.8 Å². The minimum Gasteiger partial charge on any atom is -0.397 e. The van der Waals surface area contributed by atoms with Crippen LogP contribution < -0.4 is 5.73 Å². The molecule has 2 aromatic rings. The molecule has 0 atom stereocenters. The number of imidazole rings is 1. The Hall–Kier alpha value is -1.22. The van der Waals surface area contributed by atoms with E-state index < -0.39 is 0 Å². The smallest absolute Gasteiger partial charge is 0.157 e. The summed E-state index contributed by atoms with van der Waals surface area (Å²) in [6, 6.07) is 3.71. The maximum atomic E-state index is 5.95.